The Kier molecular flexibility index (Phi) is 4.26. The van der Waals surface area contributed by atoms with Crippen LogP contribution >= 0.6 is 11.6 Å². The Morgan fingerprint density at radius 1 is 1.50 bits per heavy atom. The number of benzene rings is 1. The summed E-state index contributed by atoms with van der Waals surface area (Å²) in [5.74, 6) is -1.16. The zero-order chi connectivity index (χ0) is 14.8. The first-order valence-corrected chi connectivity index (χ1v) is 6.71. The lowest BCUT2D eigenvalue weighted by Gasteiger charge is -2.36. The lowest BCUT2D eigenvalue weighted by molar-refractivity contribution is 0.0881. The van der Waals surface area contributed by atoms with Crippen molar-refractivity contribution in [1.29, 1.82) is 5.26 Å². The number of likely N-dealkylation sites (tertiary alicyclic amines) is 1. The van der Waals surface area contributed by atoms with Gasteiger partial charge in [-0.25, -0.2) is 4.39 Å². The van der Waals surface area contributed by atoms with Crippen molar-refractivity contribution in [3.05, 3.63) is 34.6 Å². The Balaban J connectivity index is 2.18. The summed E-state index contributed by atoms with van der Waals surface area (Å²) < 4.78 is 13.4. The lowest BCUT2D eigenvalue weighted by atomic mass is 9.89. The SMILES string of the molecule is CN1CCC(C#N)(NC(=O)c2cccc(F)c2Cl)CC1. The minimum Gasteiger partial charge on any atom is -0.334 e. The second-order valence-corrected chi connectivity index (χ2v) is 5.43. The number of nitrogens with one attached hydrogen (secondary N) is 1. The third-order valence-corrected chi connectivity index (χ3v) is 3.99. The third kappa shape index (κ3) is 2.92. The molecule has 1 fully saturated rings. The molecule has 20 heavy (non-hydrogen) atoms. The smallest absolute Gasteiger partial charge is 0.254 e. The van der Waals surface area contributed by atoms with Gasteiger partial charge in [0, 0.05) is 13.1 Å². The van der Waals surface area contributed by atoms with Crippen molar-refractivity contribution in [1.82, 2.24) is 10.2 Å². The summed E-state index contributed by atoms with van der Waals surface area (Å²) in [6.45, 7) is 1.45. The maximum Gasteiger partial charge on any atom is 0.254 e. The van der Waals surface area contributed by atoms with E-state index in [0.717, 1.165) is 13.1 Å². The van der Waals surface area contributed by atoms with E-state index in [2.05, 4.69) is 16.3 Å². The predicted molar refractivity (Wildman–Crippen MR) is 74.0 cm³/mol. The number of nitriles is 1. The van der Waals surface area contributed by atoms with Gasteiger partial charge in [0.15, 0.2) is 0 Å². The second kappa shape index (κ2) is 5.78. The lowest BCUT2D eigenvalue weighted by Crippen LogP contribution is -2.53. The van der Waals surface area contributed by atoms with E-state index in [0.29, 0.717) is 12.8 Å². The number of carbonyl (C=O) groups excluding carboxylic acids is 1. The van der Waals surface area contributed by atoms with Crippen LogP contribution in [0.2, 0.25) is 5.02 Å². The average molecular weight is 296 g/mol. The Hall–Kier alpha value is -1.64. The van der Waals surface area contributed by atoms with Gasteiger partial charge in [0.25, 0.3) is 5.91 Å². The summed E-state index contributed by atoms with van der Waals surface area (Å²) in [6, 6.07) is 6.23. The van der Waals surface area contributed by atoms with Gasteiger partial charge in [0.2, 0.25) is 0 Å². The molecule has 1 amide bonds. The average Bonchev–Trinajstić information content (AvgIpc) is 2.44. The number of piperidine rings is 1. The Morgan fingerprint density at radius 3 is 2.75 bits per heavy atom. The van der Waals surface area contributed by atoms with Gasteiger partial charge >= 0.3 is 0 Å². The molecule has 4 nitrogen and oxygen atoms in total. The van der Waals surface area contributed by atoms with Crippen molar-refractivity contribution in [2.24, 2.45) is 0 Å². The fourth-order valence-corrected chi connectivity index (χ4v) is 2.44. The van der Waals surface area contributed by atoms with Gasteiger partial charge in [-0.05, 0) is 32.0 Å². The van der Waals surface area contributed by atoms with Crippen LogP contribution in [0.15, 0.2) is 18.2 Å². The first kappa shape index (κ1) is 14.8. The van der Waals surface area contributed by atoms with Crippen molar-refractivity contribution in [3.63, 3.8) is 0 Å². The fourth-order valence-electron chi connectivity index (χ4n) is 2.23. The molecular weight excluding hydrogens is 281 g/mol. The largest absolute Gasteiger partial charge is 0.334 e. The molecular formula is C14H15ClFN3O. The molecule has 0 radical (unpaired) electrons. The monoisotopic (exact) mass is 295 g/mol. The first-order valence-electron chi connectivity index (χ1n) is 6.34. The van der Waals surface area contributed by atoms with Crippen molar-refractivity contribution >= 4 is 17.5 Å². The molecule has 1 aromatic carbocycles. The highest BCUT2D eigenvalue weighted by Crippen LogP contribution is 2.24. The van der Waals surface area contributed by atoms with Gasteiger partial charge < -0.3 is 10.2 Å². The molecule has 0 spiro atoms. The summed E-state index contributed by atoms with van der Waals surface area (Å²) >= 11 is 5.79. The van der Waals surface area contributed by atoms with E-state index >= 15 is 0 Å². The molecule has 1 N–H and O–H groups in total. The van der Waals surface area contributed by atoms with E-state index in [1.807, 2.05) is 7.05 Å². The van der Waals surface area contributed by atoms with Crippen molar-refractivity contribution in [2.45, 2.75) is 18.4 Å². The second-order valence-electron chi connectivity index (χ2n) is 5.05. The van der Waals surface area contributed by atoms with Crippen LogP contribution in [0.4, 0.5) is 4.39 Å². The van der Waals surface area contributed by atoms with Crippen LogP contribution in [0, 0.1) is 17.1 Å². The van der Waals surface area contributed by atoms with Gasteiger partial charge in [-0.3, -0.25) is 4.79 Å². The van der Waals surface area contributed by atoms with E-state index in [1.54, 1.807) is 0 Å². The van der Waals surface area contributed by atoms with Crippen LogP contribution in [-0.2, 0) is 0 Å². The molecule has 1 heterocycles. The summed E-state index contributed by atoms with van der Waals surface area (Å²) in [5.41, 5.74) is -0.848. The summed E-state index contributed by atoms with van der Waals surface area (Å²) in [6.07, 6.45) is 1.08. The molecule has 0 atom stereocenters. The van der Waals surface area contributed by atoms with E-state index in [1.165, 1.54) is 18.2 Å². The maximum atomic E-state index is 13.4. The topological polar surface area (TPSA) is 56.1 Å². The molecule has 2 rings (SSSR count). The van der Waals surface area contributed by atoms with E-state index < -0.39 is 17.3 Å². The van der Waals surface area contributed by atoms with Gasteiger partial charge in [-0.1, -0.05) is 17.7 Å². The van der Waals surface area contributed by atoms with Crippen LogP contribution in [0.25, 0.3) is 0 Å². The minimum atomic E-state index is -0.904. The Bertz CT molecular complexity index is 562. The summed E-state index contributed by atoms with van der Waals surface area (Å²) in [7, 11) is 1.96. The number of hydrogen-bond acceptors (Lipinski definition) is 3. The maximum absolute atomic E-state index is 13.4. The number of nitrogens with zero attached hydrogens (tertiary/aromatic N) is 2. The Labute approximate surface area is 122 Å². The van der Waals surface area contributed by atoms with Crippen LogP contribution in [-0.4, -0.2) is 36.5 Å². The van der Waals surface area contributed by atoms with Crippen LogP contribution < -0.4 is 5.32 Å². The van der Waals surface area contributed by atoms with Gasteiger partial charge in [-0.2, -0.15) is 5.26 Å². The molecule has 6 heteroatoms. The number of halogens is 2. The summed E-state index contributed by atoms with van der Waals surface area (Å²) in [4.78, 5) is 14.3. The van der Waals surface area contributed by atoms with Gasteiger partial charge in [-0.15, -0.1) is 0 Å². The highest BCUT2D eigenvalue weighted by molar-refractivity contribution is 6.34. The Morgan fingerprint density at radius 2 is 2.15 bits per heavy atom. The number of hydrogen-bond donors (Lipinski definition) is 1. The van der Waals surface area contributed by atoms with Crippen molar-refractivity contribution in [2.75, 3.05) is 20.1 Å². The number of amides is 1. The quantitative estimate of drug-likeness (QED) is 0.910. The van der Waals surface area contributed by atoms with Crippen LogP contribution in [0.1, 0.15) is 23.2 Å². The van der Waals surface area contributed by atoms with Gasteiger partial charge in [0.1, 0.15) is 11.4 Å². The van der Waals surface area contributed by atoms with E-state index in [9.17, 15) is 14.4 Å². The van der Waals surface area contributed by atoms with Gasteiger partial charge in [0.05, 0.1) is 16.7 Å². The predicted octanol–water partition coefficient (Wildman–Crippen LogP) is 2.20. The standard InChI is InChI=1S/C14H15ClFN3O/c1-19-7-5-14(9-17,6-8-19)18-13(20)10-3-2-4-11(16)12(10)15/h2-4H,5-8H2,1H3,(H,18,20). The van der Waals surface area contributed by atoms with E-state index in [-0.39, 0.29) is 10.6 Å². The third-order valence-electron chi connectivity index (χ3n) is 3.60. The number of carbonyl (C=O) groups is 1. The van der Waals surface area contributed by atoms with Crippen LogP contribution in [0.3, 0.4) is 0 Å². The molecule has 0 bridgehead atoms. The molecule has 1 aromatic rings. The molecule has 1 aliphatic heterocycles. The molecule has 106 valence electrons. The zero-order valence-corrected chi connectivity index (χ0v) is 11.9. The number of rotatable bonds is 2. The van der Waals surface area contributed by atoms with Crippen LogP contribution in [0.5, 0.6) is 0 Å². The highest BCUT2D eigenvalue weighted by atomic mass is 35.5. The molecule has 0 aliphatic carbocycles. The molecule has 0 unspecified atom stereocenters. The molecule has 1 aliphatic rings. The molecule has 0 saturated carbocycles. The highest BCUT2D eigenvalue weighted by Gasteiger charge is 2.35. The molecule has 1 saturated heterocycles. The van der Waals surface area contributed by atoms with Crippen molar-refractivity contribution < 1.29 is 9.18 Å². The van der Waals surface area contributed by atoms with Crippen molar-refractivity contribution in [3.8, 4) is 6.07 Å². The first-order chi connectivity index (χ1) is 9.47. The zero-order valence-electron chi connectivity index (χ0n) is 11.1. The normalized spacial score (nSPS) is 18.3. The minimum absolute atomic E-state index is 0.0558. The fraction of sp³-hybridized carbons (Fsp3) is 0.429. The van der Waals surface area contributed by atoms with E-state index in [4.69, 9.17) is 11.6 Å². The summed E-state index contributed by atoms with van der Waals surface area (Å²) in [5, 5.41) is 11.8. The molecule has 0 aromatic heterocycles.